The maximum Gasteiger partial charge on any atom is 0.312 e. The highest BCUT2D eigenvalue weighted by atomic mass is 16.2. The van der Waals surface area contributed by atoms with Gasteiger partial charge in [-0.3, -0.25) is 9.59 Å². The average molecular weight is 180 g/mol. The molecule has 0 bridgehead atoms. The zero-order valence-corrected chi connectivity index (χ0v) is 6.97. The van der Waals surface area contributed by atoms with Gasteiger partial charge in [0.05, 0.1) is 0 Å². The van der Waals surface area contributed by atoms with Crippen molar-refractivity contribution in [3.05, 3.63) is 0 Å². The maximum absolute atomic E-state index is 11.2. The molecule has 2 aliphatic heterocycles. The van der Waals surface area contributed by atoms with Gasteiger partial charge in [-0.2, -0.15) is 0 Å². The third kappa shape index (κ3) is 1.10. The minimum Gasteiger partial charge on any atom is -0.325 e. The van der Waals surface area contributed by atoms with Crippen LogP contribution in [0, 0.1) is 0 Å². The van der Waals surface area contributed by atoms with E-state index in [1.165, 1.54) is 11.2 Å². The van der Waals surface area contributed by atoms with Crippen LogP contribution in [0.4, 0.5) is 0 Å². The van der Waals surface area contributed by atoms with Crippen LogP contribution in [-0.4, -0.2) is 48.5 Å². The molecule has 13 heavy (non-hydrogen) atoms. The summed E-state index contributed by atoms with van der Waals surface area (Å²) in [5.74, 6) is -1.17. The second-order valence-electron chi connectivity index (χ2n) is 2.89. The molecule has 2 unspecified atom stereocenters. The van der Waals surface area contributed by atoms with Crippen LogP contribution in [0.15, 0.2) is 9.98 Å². The van der Waals surface area contributed by atoms with E-state index in [4.69, 9.17) is 0 Å². The number of hydrogen-bond acceptors (Lipinski definition) is 4. The molecule has 2 atom stereocenters. The first kappa shape index (κ1) is 7.90. The van der Waals surface area contributed by atoms with Crippen molar-refractivity contribution in [1.82, 2.24) is 10.2 Å². The second kappa shape index (κ2) is 2.65. The van der Waals surface area contributed by atoms with E-state index in [9.17, 15) is 9.59 Å². The molecule has 2 amide bonds. The fourth-order valence-corrected chi connectivity index (χ4v) is 1.33. The number of aliphatic imine (C=N–C) groups is 2. The number of amides is 2. The molecular weight excluding hydrogens is 172 g/mol. The lowest BCUT2D eigenvalue weighted by atomic mass is 10.1. The first-order valence-corrected chi connectivity index (χ1v) is 3.83. The molecule has 2 rings (SSSR count). The maximum atomic E-state index is 11.2. The molecule has 6 heteroatoms. The van der Waals surface area contributed by atoms with E-state index < -0.39 is 11.8 Å². The number of nitrogens with one attached hydrogen (secondary N) is 1. The number of nitrogens with zero attached hydrogens (tertiary/aromatic N) is 3. The van der Waals surface area contributed by atoms with Crippen molar-refractivity contribution in [2.75, 3.05) is 7.05 Å². The molecule has 6 nitrogen and oxygen atoms in total. The van der Waals surface area contributed by atoms with Gasteiger partial charge in [0.15, 0.2) is 0 Å². The molecule has 1 saturated heterocycles. The molecule has 0 spiro atoms. The minimum atomic E-state index is -0.615. The molecule has 0 aromatic carbocycles. The molecule has 68 valence electrons. The normalized spacial score (nSPS) is 31.6. The highest BCUT2D eigenvalue weighted by Crippen LogP contribution is 2.10. The van der Waals surface area contributed by atoms with Gasteiger partial charge in [-0.25, -0.2) is 9.98 Å². The fraction of sp³-hybridized carbons (Fsp3) is 0.429. The molecule has 2 aliphatic rings. The van der Waals surface area contributed by atoms with Crippen LogP contribution in [0.5, 0.6) is 0 Å². The van der Waals surface area contributed by atoms with Crippen molar-refractivity contribution >= 4 is 24.4 Å². The van der Waals surface area contributed by atoms with E-state index in [0.717, 1.165) is 0 Å². The highest BCUT2D eigenvalue weighted by molar-refractivity contribution is 6.36. The van der Waals surface area contributed by atoms with E-state index in [1.807, 2.05) is 0 Å². The van der Waals surface area contributed by atoms with Crippen molar-refractivity contribution in [2.24, 2.45) is 9.98 Å². The molecule has 0 aliphatic carbocycles. The summed E-state index contributed by atoms with van der Waals surface area (Å²) in [5, 5.41) is 2.48. The van der Waals surface area contributed by atoms with Crippen LogP contribution >= 0.6 is 0 Å². The number of hydrogen-bond donors (Lipinski definition) is 1. The lowest BCUT2D eigenvalue weighted by Crippen LogP contribution is -2.62. The lowest BCUT2D eigenvalue weighted by molar-refractivity contribution is -0.149. The third-order valence-electron chi connectivity index (χ3n) is 2.10. The Morgan fingerprint density at radius 3 is 3.08 bits per heavy atom. The Kier molecular flexibility index (Phi) is 1.61. The van der Waals surface area contributed by atoms with Gasteiger partial charge in [-0.05, 0) is 0 Å². The molecule has 0 radical (unpaired) electrons. The van der Waals surface area contributed by atoms with Crippen molar-refractivity contribution in [2.45, 2.75) is 12.2 Å². The predicted octanol–water partition coefficient (Wildman–Crippen LogP) is -1.62. The fourth-order valence-electron chi connectivity index (χ4n) is 1.33. The minimum absolute atomic E-state index is 0.254. The SMILES string of the molecule is CN1C(=O)C(=O)NC2N=CN=CC21. The van der Waals surface area contributed by atoms with Crippen LogP contribution in [0.25, 0.3) is 0 Å². The topological polar surface area (TPSA) is 74.1 Å². The number of piperazine rings is 1. The van der Waals surface area contributed by atoms with Gasteiger partial charge >= 0.3 is 11.8 Å². The number of carbonyl (C=O) groups excluding carboxylic acids is 2. The zero-order valence-electron chi connectivity index (χ0n) is 6.97. The van der Waals surface area contributed by atoms with E-state index in [1.54, 1.807) is 13.3 Å². The molecule has 0 aromatic rings. The highest BCUT2D eigenvalue weighted by Gasteiger charge is 2.38. The van der Waals surface area contributed by atoms with Gasteiger partial charge in [-0.1, -0.05) is 0 Å². The summed E-state index contributed by atoms with van der Waals surface area (Å²) in [6.07, 6.45) is 2.58. The van der Waals surface area contributed by atoms with Crippen molar-refractivity contribution < 1.29 is 9.59 Å². The van der Waals surface area contributed by atoms with Crippen LogP contribution in [0.3, 0.4) is 0 Å². The smallest absolute Gasteiger partial charge is 0.312 e. The number of likely N-dealkylation sites (N-methyl/N-ethyl adjacent to an activating group) is 1. The summed E-state index contributed by atoms with van der Waals surface area (Å²) in [7, 11) is 1.56. The van der Waals surface area contributed by atoms with Gasteiger partial charge in [-0.15, -0.1) is 0 Å². The molecule has 0 aromatic heterocycles. The Morgan fingerprint density at radius 2 is 2.31 bits per heavy atom. The first-order valence-electron chi connectivity index (χ1n) is 3.83. The van der Waals surface area contributed by atoms with E-state index in [0.29, 0.717) is 0 Å². The number of fused-ring (bicyclic) bond motifs is 1. The number of rotatable bonds is 0. The molecular formula is C7H8N4O2. The first-order chi connectivity index (χ1) is 6.20. The monoisotopic (exact) mass is 180 g/mol. The average Bonchev–Trinajstić information content (AvgIpc) is 2.15. The summed E-state index contributed by atoms with van der Waals surface area (Å²) >= 11 is 0. The van der Waals surface area contributed by atoms with Crippen molar-refractivity contribution in [3.63, 3.8) is 0 Å². The Labute approximate surface area is 74.3 Å². The van der Waals surface area contributed by atoms with Crippen molar-refractivity contribution in [1.29, 1.82) is 0 Å². The third-order valence-corrected chi connectivity index (χ3v) is 2.10. The summed E-state index contributed by atoms with van der Waals surface area (Å²) in [5.41, 5.74) is 0. The Balaban J connectivity index is 2.29. The van der Waals surface area contributed by atoms with Gasteiger partial charge in [0.1, 0.15) is 18.5 Å². The van der Waals surface area contributed by atoms with Gasteiger partial charge < -0.3 is 10.2 Å². The van der Waals surface area contributed by atoms with Gasteiger partial charge in [0.25, 0.3) is 0 Å². The molecule has 1 N–H and O–H groups in total. The quantitative estimate of drug-likeness (QED) is 0.455. The largest absolute Gasteiger partial charge is 0.325 e. The summed E-state index contributed by atoms with van der Waals surface area (Å²) in [6.45, 7) is 0. The summed E-state index contributed by atoms with van der Waals surface area (Å²) in [4.78, 5) is 31.3. The summed E-state index contributed by atoms with van der Waals surface area (Å²) in [6, 6.07) is -0.254. The second-order valence-corrected chi connectivity index (χ2v) is 2.89. The van der Waals surface area contributed by atoms with E-state index in [-0.39, 0.29) is 12.2 Å². The van der Waals surface area contributed by atoms with Gasteiger partial charge in [0, 0.05) is 13.3 Å². The van der Waals surface area contributed by atoms with Crippen LogP contribution < -0.4 is 5.32 Å². The molecule has 1 fully saturated rings. The van der Waals surface area contributed by atoms with Crippen LogP contribution in [0.2, 0.25) is 0 Å². The van der Waals surface area contributed by atoms with Crippen LogP contribution in [-0.2, 0) is 9.59 Å². The number of carbonyl (C=O) groups is 2. The Morgan fingerprint density at radius 1 is 1.54 bits per heavy atom. The zero-order chi connectivity index (χ0) is 9.42. The Hall–Kier alpha value is -1.72. The standard InChI is InChI=1S/C7H8N4O2/c1-11-4-2-8-3-9-5(4)10-6(12)7(11)13/h2-5H,1H3,(H,10,12). The van der Waals surface area contributed by atoms with Crippen LogP contribution in [0.1, 0.15) is 0 Å². The lowest BCUT2D eigenvalue weighted by Gasteiger charge is -2.35. The molecule has 2 heterocycles. The summed E-state index contributed by atoms with van der Waals surface area (Å²) < 4.78 is 0. The predicted molar refractivity (Wildman–Crippen MR) is 45.5 cm³/mol. The van der Waals surface area contributed by atoms with E-state index in [2.05, 4.69) is 15.3 Å². The Bertz CT molecular complexity index is 320. The van der Waals surface area contributed by atoms with Crippen molar-refractivity contribution in [3.8, 4) is 0 Å². The van der Waals surface area contributed by atoms with E-state index >= 15 is 0 Å². The molecule has 0 saturated carbocycles. The van der Waals surface area contributed by atoms with Gasteiger partial charge in [0.2, 0.25) is 0 Å².